The van der Waals surface area contributed by atoms with Gasteiger partial charge in [-0.2, -0.15) is 5.10 Å². The summed E-state index contributed by atoms with van der Waals surface area (Å²) in [6.45, 7) is 5.00. The second-order valence-electron chi connectivity index (χ2n) is 5.63. The van der Waals surface area contributed by atoms with Crippen LogP contribution in [-0.2, 0) is 13.6 Å². The highest BCUT2D eigenvalue weighted by atomic mass is 35.5. The third-order valence-corrected chi connectivity index (χ3v) is 4.37. The van der Waals surface area contributed by atoms with Crippen molar-refractivity contribution in [3.05, 3.63) is 40.2 Å². The van der Waals surface area contributed by atoms with Crippen molar-refractivity contribution in [1.29, 1.82) is 0 Å². The number of hydrogen-bond donors (Lipinski definition) is 1. The highest BCUT2D eigenvalue weighted by Crippen LogP contribution is 2.30. The van der Waals surface area contributed by atoms with Crippen molar-refractivity contribution in [2.45, 2.75) is 39.3 Å². The number of hydrogen-bond acceptors (Lipinski definition) is 2. The highest BCUT2D eigenvalue weighted by Gasteiger charge is 2.20. The quantitative estimate of drug-likeness (QED) is 0.932. The summed E-state index contributed by atoms with van der Waals surface area (Å²) in [5.74, 6) is 0. The summed E-state index contributed by atoms with van der Waals surface area (Å²) < 4.78 is 1.93. The van der Waals surface area contributed by atoms with Crippen molar-refractivity contribution < 1.29 is 0 Å². The average Bonchev–Trinajstić information content (AvgIpc) is 3.19. The van der Waals surface area contributed by atoms with Crippen LogP contribution in [0.25, 0.3) is 11.1 Å². The normalized spacial score (nSPS) is 14.8. The minimum absolute atomic E-state index is 0.691. The lowest BCUT2D eigenvalue weighted by Gasteiger charge is -2.09. The van der Waals surface area contributed by atoms with Gasteiger partial charge in [-0.15, -0.1) is 0 Å². The molecule has 1 fully saturated rings. The number of aromatic nitrogens is 2. The number of nitrogens with zero attached hydrogens (tertiary/aromatic N) is 2. The molecular weight excluding hydrogens is 270 g/mol. The van der Waals surface area contributed by atoms with Gasteiger partial charge in [0, 0.05) is 35.9 Å². The van der Waals surface area contributed by atoms with Gasteiger partial charge >= 0.3 is 0 Å². The highest BCUT2D eigenvalue weighted by molar-refractivity contribution is 6.31. The Morgan fingerprint density at radius 1 is 1.35 bits per heavy atom. The van der Waals surface area contributed by atoms with E-state index in [0.717, 1.165) is 17.3 Å². The first-order valence-corrected chi connectivity index (χ1v) is 7.46. The molecule has 0 amide bonds. The Balaban J connectivity index is 1.94. The van der Waals surface area contributed by atoms with Gasteiger partial charge in [-0.25, -0.2) is 0 Å². The maximum Gasteiger partial charge on any atom is 0.0674 e. The lowest BCUT2D eigenvalue weighted by molar-refractivity contribution is 0.688. The molecule has 0 unspecified atom stereocenters. The second-order valence-corrected chi connectivity index (χ2v) is 6.04. The Kier molecular flexibility index (Phi) is 3.57. The van der Waals surface area contributed by atoms with E-state index in [0.29, 0.717) is 6.04 Å². The Hall–Kier alpha value is -1.32. The molecule has 2 aromatic rings. The van der Waals surface area contributed by atoms with Crippen LogP contribution in [0.1, 0.15) is 29.8 Å². The Morgan fingerprint density at radius 2 is 2.10 bits per heavy atom. The van der Waals surface area contributed by atoms with E-state index in [9.17, 15) is 0 Å². The molecule has 0 atom stereocenters. The lowest BCUT2D eigenvalue weighted by Crippen LogP contribution is -2.15. The molecule has 1 heterocycles. The van der Waals surface area contributed by atoms with Crippen molar-refractivity contribution in [2.24, 2.45) is 7.05 Å². The van der Waals surface area contributed by atoms with Crippen LogP contribution in [-0.4, -0.2) is 15.8 Å². The van der Waals surface area contributed by atoms with Crippen LogP contribution in [0, 0.1) is 13.8 Å². The topological polar surface area (TPSA) is 29.9 Å². The molecule has 106 valence electrons. The van der Waals surface area contributed by atoms with Gasteiger partial charge in [0.25, 0.3) is 0 Å². The predicted octanol–water partition coefficient (Wildman–Crippen LogP) is 3.61. The molecule has 0 saturated heterocycles. The Morgan fingerprint density at radius 3 is 2.70 bits per heavy atom. The molecule has 1 aromatic heterocycles. The van der Waals surface area contributed by atoms with Crippen LogP contribution in [0.3, 0.4) is 0 Å². The third kappa shape index (κ3) is 2.60. The zero-order valence-corrected chi connectivity index (χ0v) is 13.0. The van der Waals surface area contributed by atoms with Crippen molar-refractivity contribution in [1.82, 2.24) is 15.1 Å². The molecule has 1 N–H and O–H groups in total. The lowest BCUT2D eigenvalue weighted by atomic mass is 10.0. The third-order valence-electron chi connectivity index (χ3n) is 4.00. The Bertz CT molecular complexity index is 641. The van der Waals surface area contributed by atoms with Crippen molar-refractivity contribution in [3.63, 3.8) is 0 Å². The molecule has 1 aromatic carbocycles. The van der Waals surface area contributed by atoms with E-state index < -0.39 is 0 Å². The van der Waals surface area contributed by atoms with Gasteiger partial charge < -0.3 is 5.32 Å². The van der Waals surface area contributed by atoms with Gasteiger partial charge in [-0.3, -0.25) is 4.68 Å². The summed E-state index contributed by atoms with van der Waals surface area (Å²) in [6, 6.07) is 6.96. The summed E-state index contributed by atoms with van der Waals surface area (Å²) in [5, 5.41) is 8.85. The summed E-state index contributed by atoms with van der Waals surface area (Å²) in [7, 11) is 1.98. The van der Waals surface area contributed by atoms with Crippen molar-refractivity contribution >= 4 is 11.6 Å². The fraction of sp³-hybridized carbons (Fsp3) is 0.438. The monoisotopic (exact) mass is 289 g/mol. The predicted molar refractivity (Wildman–Crippen MR) is 83.0 cm³/mol. The molecule has 0 radical (unpaired) electrons. The van der Waals surface area contributed by atoms with Crippen LogP contribution in [0.15, 0.2) is 18.2 Å². The molecule has 3 rings (SSSR count). The fourth-order valence-corrected chi connectivity index (χ4v) is 2.78. The number of nitrogens with one attached hydrogen (secondary N) is 1. The number of aryl methyl sites for hydroxylation is 2. The Labute approximate surface area is 124 Å². The van der Waals surface area contributed by atoms with E-state index in [1.165, 1.54) is 35.2 Å². The van der Waals surface area contributed by atoms with Crippen LogP contribution in [0.5, 0.6) is 0 Å². The van der Waals surface area contributed by atoms with E-state index in [2.05, 4.69) is 36.4 Å². The van der Waals surface area contributed by atoms with E-state index >= 15 is 0 Å². The zero-order chi connectivity index (χ0) is 14.3. The first-order chi connectivity index (χ1) is 9.56. The second kappa shape index (κ2) is 5.23. The molecule has 1 aliphatic rings. The van der Waals surface area contributed by atoms with Crippen molar-refractivity contribution in [2.75, 3.05) is 0 Å². The minimum atomic E-state index is 0.691. The minimum Gasteiger partial charge on any atom is -0.310 e. The standard InChI is InChI=1S/C16H20ClN3/c1-10-16(11(2)20(3)19-10)12-4-7-15(17)13(8-12)9-18-14-5-6-14/h4,7-8,14,18H,5-6,9H2,1-3H3. The molecule has 0 spiro atoms. The number of benzene rings is 1. The molecule has 0 bridgehead atoms. The summed E-state index contributed by atoms with van der Waals surface area (Å²) in [5.41, 5.74) is 5.83. The van der Waals surface area contributed by atoms with E-state index in [4.69, 9.17) is 11.6 Å². The molecule has 3 nitrogen and oxygen atoms in total. The average molecular weight is 290 g/mol. The van der Waals surface area contributed by atoms with Gasteiger partial charge in [0.1, 0.15) is 0 Å². The van der Waals surface area contributed by atoms with Crippen LogP contribution < -0.4 is 5.32 Å². The van der Waals surface area contributed by atoms with Gasteiger partial charge in [0.2, 0.25) is 0 Å². The molecule has 1 saturated carbocycles. The van der Waals surface area contributed by atoms with Gasteiger partial charge in [-0.1, -0.05) is 17.7 Å². The molecule has 1 aliphatic carbocycles. The van der Waals surface area contributed by atoms with Crippen LogP contribution >= 0.6 is 11.6 Å². The summed E-state index contributed by atoms with van der Waals surface area (Å²) in [4.78, 5) is 0. The van der Waals surface area contributed by atoms with Crippen LogP contribution in [0.2, 0.25) is 5.02 Å². The smallest absolute Gasteiger partial charge is 0.0674 e. The molecule has 0 aliphatic heterocycles. The van der Waals surface area contributed by atoms with E-state index in [1.54, 1.807) is 0 Å². The molecular formula is C16H20ClN3. The summed E-state index contributed by atoms with van der Waals surface area (Å²) >= 11 is 6.31. The maximum absolute atomic E-state index is 6.31. The first-order valence-electron chi connectivity index (χ1n) is 7.08. The zero-order valence-electron chi connectivity index (χ0n) is 12.2. The SMILES string of the molecule is Cc1nn(C)c(C)c1-c1ccc(Cl)c(CNC2CC2)c1. The number of rotatable bonds is 4. The van der Waals surface area contributed by atoms with Crippen molar-refractivity contribution in [3.8, 4) is 11.1 Å². The van der Waals surface area contributed by atoms with Gasteiger partial charge in [-0.05, 0) is 49.9 Å². The summed E-state index contributed by atoms with van der Waals surface area (Å²) in [6.07, 6.45) is 2.58. The molecule has 20 heavy (non-hydrogen) atoms. The van der Waals surface area contributed by atoms with Gasteiger partial charge in [0.05, 0.1) is 5.69 Å². The van der Waals surface area contributed by atoms with Crippen LogP contribution in [0.4, 0.5) is 0 Å². The van der Waals surface area contributed by atoms with E-state index in [1.807, 2.05) is 17.8 Å². The largest absolute Gasteiger partial charge is 0.310 e. The fourth-order valence-electron chi connectivity index (χ4n) is 2.60. The number of halogens is 1. The first kappa shape index (κ1) is 13.7. The maximum atomic E-state index is 6.31. The molecule has 4 heteroatoms. The van der Waals surface area contributed by atoms with E-state index in [-0.39, 0.29) is 0 Å². The van der Waals surface area contributed by atoms with Gasteiger partial charge in [0.15, 0.2) is 0 Å².